The van der Waals surface area contributed by atoms with Gasteiger partial charge in [-0.1, -0.05) is 41.4 Å². The van der Waals surface area contributed by atoms with Crippen LogP contribution < -0.4 is 15.4 Å². The molecule has 0 aliphatic heterocycles. The molecular formula is C23H25ClN2O3. The van der Waals surface area contributed by atoms with Crippen molar-refractivity contribution in [3.05, 3.63) is 64.2 Å². The van der Waals surface area contributed by atoms with E-state index in [4.69, 9.17) is 16.3 Å². The second kappa shape index (κ2) is 9.05. The van der Waals surface area contributed by atoms with Crippen molar-refractivity contribution < 1.29 is 14.6 Å². The topological polar surface area (TPSA) is 70.6 Å². The summed E-state index contributed by atoms with van der Waals surface area (Å²) in [6.07, 6.45) is 0.644. The molecule has 3 aromatic carbocycles. The van der Waals surface area contributed by atoms with E-state index in [0.717, 1.165) is 17.0 Å². The fourth-order valence-corrected chi connectivity index (χ4v) is 3.63. The number of hydrogen-bond donors (Lipinski definition) is 3. The minimum absolute atomic E-state index is 0.0782. The molecule has 0 heterocycles. The molecule has 29 heavy (non-hydrogen) atoms. The maximum Gasteiger partial charge on any atom is 0.255 e. The third-order valence-electron chi connectivity index (χ3n) is 4.79. The van der Waals surface area contributed by atoms with Crippen LogP contribution in [0.2, 0.25) is 5.02 Å². The van der Waals surface area contributed by atoms with Gasteiger partial charge in [-0.2, -0.15) is 0 Å². The van der Waals surface area contributed by atoms with Crippen LogP contribution in [0.5, 0.6) is 11.5 Å². The molecule has 0 aliphatic rings. The van der Waals surface area contributed by atoms with Gasteiger partial charge < -0.3 is 20.5 Å². The minimum atomic E-state index is -0.368. The zero-order valence-electron chi connectivity index (χ0n) is 16.8. The average Bonchev–Trinajstić information content (AvgIpc) is 2.71. The lowest BCUT2D eigenvalue weighted by molar-refractivity contribution is 0.0949. The summed E-state index contributed by atoms with van der Waals surface area (Å²) in [5.74, 6) is 0.402. The number of anilines is 1. The monoisotopic (exact) mass is 412 g/mol. The zero-order chi connectivity index (χ0) is 21.0. The summed E-state index contributed by atoms with van der Waals surface area (Å²) in [6.45, 7) is 4.96. The summed E-state index contributed by atoms with van der Waals surface area (Å²) in [4.78, 5) is 12.6. The molecule has 0 radical (unpaired) electrons. The number of benzene rings is 3. The van der Waals surface area contributed by atoms with E-state index in [-0.39, 0.29) is 17.2 Å². The number of phenolic OH excluding ortho intramolecular Hbond substituents is 1. The van der Waals surface area contributed by atoms with Crippen LogP contribution >= 0.6 is 11.6 Å². The Bertz CT molecular complexity index is 1050. The molecule has 152 valence electrons. The number of ether oxygens (including phenoxy) is 1. The van der Waals surface area contributed by atoms with E-state index in [2.05, 4.69) is 16.7 Å². The van der Waals surface area contributed by atoms with Crippen molar-refractivity contribution in [2.24, 2.45) is 0 Å². The molecule has 6 heteroatoms. The molecule has 3 aromatic rings. The van der Waals surface area contributed by atoms with Gasteiger partial charge in [0.25, 0.3) is 5.91 Å². The van der Waals surface area contributed by atoms with Crippen LogP contribution in [-0.4, -0.2) is 31.2 Å². The van der Waals surface area contributed by atoms with Gasteiger partial charge >= 0.3 is 0 Å². The van der Waals surface area contributed by atoms with E-state index < -0.39 is 0 Å². The summed E-state index contributed by atoms with van der Waals surface area (Å²) < 4.78 is 5.78. The average molecular weight is 413 g/mol. The Morgan fingerprint density at radius 1 is 1.17 bits per heavy atom. The predicted octanol–water partition coefficient (Wildman–Crippen LogP) is 5.06. The normalized spacial score (nSPS) is 10.8. The third-order valence-corrected chi connectivity index (χ3v) is 5.09. The highest BCUT2D eigenvalue weighted by Crippen LogP contribution is 2.38. The number of fused-ring (bicyclic) bond motifs is 1. The molecule has 0 aliphatic carbocycles. The molecular weight excluding hydrogens is 388 g/mol. The Morgan fingerprint density at radius 2 is 1.97 bits per heavy atom. The summed E-state index contributed by atoms with van der Waals surface area (Å²) in [7, 11) is 1.78. The van der Waals surface area contributed by atoms with Gasteiger partial charge in [-0.15, -0.1) is 0 Å². The number of rotatable bonds is 7. The molecule has 0 spiro atoms. The summed E-state index contributed by atoms with van der Waals surface area (Å²) in [5, 5.41) is 18.1. The first-order valence-electron chi connectivity index (χ1n) is 9.52. The van der Waals surface area contributed by atoms with Crippen molar-refractivity contribution in [2.75, 3.05) is 25.5 Å². The van der Waals surface area contributed by atoms with Crippen LogP contribution in [-0.2, 0) is 0 Å². The highest BCUT2D eigenvalue weighted by atomic mass is 35.5. The fourth-order valence-electron chi connectivity index (χ4n) is 3.31. The minimum Gasteiger partial charge on any atom is -0.506 e. The Hall–Kier alpha value is -2.92. The standard InChI is InChI=1S/C23H25ClN2O3/c1-14-8-9-20(15(2)12-14)29-11-5-10-26-23(28)17-13-18(24)21-16(22(17)27)6-4-7-19(21)25-3/h4,6-9,12-13,25,27H,5,10-11H2,1-3H3,(H,26,28). The van der Waals surface area contributed by atoms with E-state index in [9.17, 15) is 9.90 Å². The van der Waals surface area contributed by atoms with Gasteiger partial charge in [-0.3, -0.25) is 4.79 Å². The Kier molecular flexibility index (Phi) is 6.49. The SMILES string of the molecule is CNc1cccc2c(O)c(C(=O)NCCCOc3ccc(C)cc3C)cc(Cl)c12. The smallest absolute Gasteiger partial charge is 0.255 e. The first kappa shape index (κ1) is 20.8. The van der Waals surface area contributed by atoms with Gasteiger partial charge in [-0.25, -0.2) is 0 Å². The van der Waals surface area contributed by atoms with Gasteiger partial charge in [0.05, 0.1) is 17.2 Å². The fraction of sp³-hybridized carbons (Fsp3) is 0.261. The van der Waals surface area contributed by atoms with Crippen LogP contribution in [0.4, 0.5) is 5.69 Å². The lowest BCUT2D eigenvalue weighted by Gasteiger charge is -2.13. The molecule has 0 fully saturated rings. The van der Waals surface area contributed by atoms with E-state index in [0.29, 0.717) is 35.4 Å². The lowest BCUT2D eigenvalue weighted by atomic mass is 10.0. The van der Waals surface area contributed by atoms with E-state index >= 15 is 0 Å². The van der Waals surface area contributed by atoms with E-state index in [1.807, 2.05) is 32.0 Å². The Morgan fingerprint density at radius 3 is 2.69 bits per heavy atom. The van der Waals surface area contributed by atoms with Gasteiger partial charge in [0, 0.05) is 30.1 Å². The predicted molar refractivity (Wildman–Crippen MR) is 119 cm³/mol. The summed E-state index contributed by atoms with van der Waals surface area (Å²) >= 11 is 6.39. The van der Waals surface area contributed by atoms with Crippen molar-refractivity contribution >= 4 is 34.0 Å². The quantitative estimate of drug-likeness (QED) is 0.474. The summed E-state index contributed by atoms with van der Waals surface area (Å²) in [5.41, 5.74) is 3.23. The first-order chi connectivity index (χ1) is 13.9. The van der Waals surface area contributed by atoms with Crippen LogP contribution in [0.15, 0.2) is 42.5 Å². The maximum atomic E-state index is 12.6. The number of hydrogen-bond acceptors (Lipinski definition) is 4. The number of nitrogens with one attached hydrogen (secondary N) is 2. The molecule has 0 unspecified atom stereocenters. The highest BCUT2D eigenvalue weighted by Gasteiger charge is 2.18. The number of aromatic hydroxyl groups is 1. The van der Waals surface area contributed by atoms with Crippen molar-refractivity contribution in [3.8, 4) is 11.5 Å². The molecule has 0 aromatic heterocycles. The van der Waals surface area contributed by atoms with Crippen molar-refractivity contribution in [1.82, 2.24) is 5.32 Å². The van der Waals surface area contributed by atoms with Crippen LogP contribution in [0.25, 0.3) is 10.8 Å². The number of halogens is 1. The second-order valence-electron chi connectivity index (χ2n) is 6.96. The van der Waals surface area contributed by atoms with Crippen LogP contribution in [0.3, 0.4) is 0 Å². The largest absolute Gasteiger partial charge is 0.506 e. The molecule has 5 nitrogen and oxygen atoms in total. The summed E-state index contributed by atoms with van der Waals surface area (Å²) in [6, 6.07) is 12.9. The zero-order valence-corrected chi connectivity index (χ0v) is 17.6. The molecule has 0 saturated carbocycles. The van der Waals surface area contributed by atoms with Gasteiger partial charge in [0.1, 0.15) is 11.5 Å². The van der Waals surface area contributed by atoms with Gasteiger partial charge in [-0.05, 0) is 44.0 Å². The molecule has 3 rings (SSSR count). The van der Waals surface area contributed by atoms with E-state index in [1.165, 1.54) is 11.6 Å². The molecule has 0 atom stereocenters. The van der Waals surface area contributed by atoms with Gasteiger partial charge in [0.15, 0.2) is 0 Å². The van der Waals surface area contributed by atoms with Crippen molar-refractivity contribution in [1.29, 1.82) is 0 Å². The Balaban J connectivity index is 1.62. The first-order valence-corrected chi connectivity index (χ1v) is 9.90. The van der Waals surface area contributed by atoms with Gasteiger partial charge in [0.2, 0.25) is 0 Å². The van der Waals surface area contributed by atoms with Crippen LogP contribution in [0, 0.1) is 13.8 Å². The number of carbonyl (C=O) groups is 1. The highest BCUT2D eigenvalue weighted by molar-refractivity contribution is 6.37. The van der Waals surface area contributed by atoms with E-state index in [1.54, 1.807) is 19.2 Å². The van der Waals surface area contributed by atoms with Crippen molar-refractivity contribution in [3.63, 3.8) is 0 Å². The number of amides is 1. The lowest BCUT2D eigenvalue weighted by Crippen LogP contribution is -2.25. The Labute approximate surface area is 175 Å². The number of carbonyl (C=O) groups excluding carboxylic acids is 1. The number of aryl methyl sites for hydroxylation is 2. The molecule has 1 amide bonds. The maximum absolute atomic E-state index is 12.6. The third kappa shape index (κ3) is 4.57. The molecule has 0 bridgehead atoms. The molecule has 3 N–H and O–H groups in total. The second-order valence-corrected chi connectivity index (χ2v) is 7.37. The van der Waals surface area contributed by atoms with Crippen molar-refractivity contribution in [2.45, 2.75) is 20.3 Å². The van der Waals surface area contributed by atoms with Crippen LogP contribution in [0.1, 0.15) is 27.9 Å². The number of phenols is 1. The molecule has 0 saturated heterocycles.